The van der Waals surface area contributed by atoms with Gasteiger partial charge in [0.05, 0.1) is 10.6 Å². The minimum Gasteiger partial charge on any atom is -0.337 e. The SMILES string of the molecule is CC1(CN)CCN(C(=O)c2ccn(-c3ccc([N+](=O)[O-])cc3)n2)C1. The summed E-state index contributed by atoms with van der Waals surface area (Å²) >= 11 is 0. The van der Waals surface area contributed by atoms with Crippen LogP contribution in [0.1, 0.15) is 23.8 Å². The van der Waals surface area contributed by atoms with Crippen LogP contribution in [0.2, 0.25) is 0 Å². The largest absolute Gasteiger partial charge is 0.337 e. The van der Waals surface area contributed by atoms with Gasteiger partial charge in [-0.1, -0.05) is 6.92 Å². The molecule has 1 saturated heterocycles. The number of nitro groups is 1. The second-order valence-corrected chi connectivity index (χ2v) is 6.41. The second-order valence-electron chi connectivity index (χ2n) is 6.41. The monoisotopic (exact) mass is 329 g/mol. The Kier molecular flexibility index (Phi) is 4.06. The number of nitrogens with two attached hydrogens (primary N) is 1. The Labute approximate surface area is 139 Å². The summed E-state index contributed by atoms with van der Waals surface area (Å²) in [5.41, 5.74) is 6.78. The fourth-order valence-corrected chi connectivity index (χ4v) is 2.83. The van der Waals surface area contributed by atoms with Gasteiger partial charge in [-0.25, -0.2) is 4.68 Å². The highest BCUT2D eigenvalue weighted by Gasteiger charge is 2.35. The van der Waals surface area contributed by atoms with E-state index in [0.717, 1.165) is 6.42 Å². The van der Waals surface area contributed by atoms with Gasteiger partial charge in [0, 0.05) is 31.4 Å². The fraction of sp³-hybridized carbons (Fsp3) is 0.375. The number of hydrogen-bond acceptors (Lipinski definition) is 5. The average Bonchev–Trinajstić information content (AvgIpc) is 3.22. The highest BCUT2D eigenvalue weighted by atomic mass is 16.6. The van der Waals surface area contributed by atoms with Crippen molar-refractivity contribution >= 4 is 11.6 Å². The number of nitro benzene ring substituents is 1. The van der Waals surface area contributed by atoms with Crippen LogP contribution >= 0.6 is 0 Å². The molecule has 8 nitrogen and oxygen atoms in total. The number of carbonyl (C=O) groups is 1. The zero-order valence-corrected chi connectivity index (χ0v) is 13.4. The summed E-state index contributed by atoms with van der Waals surface area (Å²) in [5.74, 6) is -0.118. The smallest absolute Gasteiger partial charge is 0.274 e. The average molecular weight is 329 g/mol. The first-order valence-corrected chi connectivity index (χ1v) is 7.72. The van der Waals surface area contributed by atoms with Crippen LogP contribution in [0.25, 0.3) is 5.69 Å². The maximum absolute atomic E-state index is 12.6. The number of carbonyl (C=O) groups excluding carboxylic acids is 1. The van der Waals surface area contributed by atoms with E-state index in [0.29, 0.717) is 31.0 Å². The normalized spacial score (nSPS) is 20.3. The van der Waals surface area contributed by atoms with Gasteiger partial charge in [-0.15, -0.1) is 0 Å². The molecule has 0 spiro atoms. The Morgan fingerprint density at radius 3 is 2.67 bits per heavy atom. The van der Waals surface area contributed by atoms with Crippen LogP contribution in [-0.2, 0) is 0 Å². The topological polar surface area (TPSA) is 107 Å². The molecule has 2 N–H and O–H groups in total. The zero-order valence-electron chi connectivity index (χ0n) is 13.4. The van der Waals surface area contributed by atoms with Gasteiger partial charge in [-0.3, -0.25) is 14.9 Å². The molecule has 2 aromatic rings. The summed E-state index contributed by atoms with van der Waals surface area (Å²) < 4.78 is 1.54. The molecule has 1 aromatic heterocycles. The highest BCUT2D eigenvalue weighted by Crippen LogP contribution is 2.29. The maximum atomic E-state index is 12.6. The molecule has 1 amide bonds. The standard InChI is InChI=1S/C16H19N5O3/c1-16(10-17)7-9-19(11-16)15(22)14-6-8-20(18-14)12-2-4-13(5-3-12)21(23)24/h2-6,8H,7,9-11,17H2,1H3. The molecule has 1 unspecified atom stereocenters. The van der Waals surface area contributed by atoms with E-state index < -0.39 is 4.92 Å². The van der Waals surface area contributed by atoms with Gasteiger partial charge in [-0.05, 0) is 36.6 Å². The summed E-state index contributed by atoms with van der Waals surface area (Å²) in [4.78, 5) is 24.6. The first-order valence-electron chi connectivity index (χ1n) is 7.72. The molecule has 1 fully saturated rings. The fourth-order valence-electron chi connectivity index (χ4n) is 2.83. The molecule has 1 aromatic carbocycles. The van der Waals surface area contributed by atoms with Crippen molar-refractivity contribution in [3.63, 3.8) is 0 Å². The quantitative estimate of drug-likeness (QED) is 0.677. The van der Waals surface area contributed by atoms with Gasteiger partial charge in [-0.2, -0.15) is 5.10 Å². The van der Waals surface area contributed by atoms with Crippen molar-refractivity contribution in [2.75, 3.05) is 19.6 Å². The first kappa shape index (κ1) is 16.1. The lowest BCUT2D eigenvalue weighted by Gasteiger charge is -2.22. The van der Waals surface area contributed by atoms with Crippen LogP contribution in [0.5, 0.6) is 0 Å². The summed E-state index contributed by atoms with van der Waals surface area (Å²) in [6.07, 6.45) is 2.56. The van der Waals surface area contributed by atoms with Crippen molar-refractivity contribution < 1.29 is 9.72 Å². The lowest BCUT2D eigenvalue weighted by atomic mass is 9.90. The van der Waals surface area contributed by atoms with Gasteiger partial charge in [0.25, 0.3) is 11.6 Å². The maximum Gasteiger partial charge on any atom is 0.274 e. The number of benzene rings is 1. The second kappa shape index (κ2) is 6.04. The van der Waals surface area contributed by atoms with Gasteiger partial charge in [0.1, 0.15) is 0 Å². The van der Waals surface area contributed by atoms with Crippen LogP contribution in [0.4, 0.5) is 5.69 Å². The molecule has 8 heteroatoms. The molecule has 0 aliphatic carbocycles. The number of nitrogens with zero attached hydrogens (tertiary/aromatic N) is 4. The van der Waals surface area contributed by atoms with Gasteiger partial charge in [0.15, 0.2) is 5.69 Å². The lowest BCUT2D eigenvalue weighted by Crippen LogP contribution is -2.34. The van der Waals surface area contributed by atoms with E-state index in [9.17, 15) is 14.9 Å². The molecule has 1 aliphatic rings. The molecular formula is C16H19N5O3. The number of likely N-dealkylation sites (tertiary alicyclic amines) is 1. The van der Waals surface area contributed by atoms with Crippen molar-refractivity contribution in [2.24, 2.45) is 11.1 Å². The number of rotatable bonds is 4. The number of amides is 1. The van der Waals surface area contributed by atoms with Crippen LogP contribution < -0.4 is 5.73 Å². The molecule has 0 bridgehead atoms. The minimum atomic E-state index is -0.455. The predicted octanol–water partition coefficient (Wildman–Crippen LogP) is 1.59. The van der Waals surface area contributed by atoms with Crippen molar-refractivity contribution in [2.45, 2.75) is 13.3 Å². The molecule has 1 aliphatic heterocycles. The third-order valence-corrected chi connectivity index (χ3v) is 4.47. The molecule has 1 atom stereocenters. The third kappa shape index (κ3) is 3.00. The predicted molar refractivity (Wildman–Crippen MR) is 87.9 cm³/mol. The van der Waals surface area contributed by atoms with Gasteiger partial charge < -0.3 is 10.6 Å². The van der Waals surface area contributed by atoms with Gasteiger partial charge in [0.2, 0.25) is 0 Å². The molecule has 0 radical (unpaired) electrons. The first-order chi connectivity index (χ1) is 11.4. The van der Waals surface area contributed by atoms with E-state index in [1.807, 2.05) is 0 Å². The van der Waals surface area contributed by atoms with E-state index in [1.54, 1.807) is 29.3 Å². The van der Waals surface area contributed by atoms with E-state index in [1.165, 1.54) is 16.8 Å². The molecule has 126 valence electrons. The van der Waals surface area contributed by atoms with E-state index >= 15 is 0 Å². The Morgan fingerprint density at radius 1 is 1.38 bits per heavy atom. The number of non-ortho nitro benzene ring substituents is 1. The Balaban J connectivity index is 1.76. The number of hydrogen-bond donors (Lipinski definition) is 1. The van der Waals surface area contributed by atoms with Crippen molar-refractivity contribution in [3.8, 4) is 5.69 Å². The molecule has 0 saturated carbocycles. The van der Waals surface area contributed by atoms with E-state index in [4.69, 9.17) is 5.73 Å². The zero-order chi connectivity index (χ0) is 17.3. The Hall–Kier alpha value is -2.74. The molecule has 24 heavy (non-hydrogen) atoms. The van der Waals surface area contributed by atoms with Crippen LogP contribution in [-0.4, -0.2) is 45.1 Å². The molecule has 3 rings (SSSR count). The Bertz CT molecular complexity index is 770. The minimum absolute atomic E-state index is 0.0142. The van der Waals surface area contributed by atoms with E-state index in [-0.39, 0.29) is 17.0 Å². The van der Waals surface area contributed by atoms with Crippen LogP contribution in [0.3, 0.4) is 0 Å². The summed E-state index contributed by atoms with van der Waals surface area (Å²) in [6.45, 7) is 3.94. The van der Waals surface area contributed by atoms with E-state index in [2.05, 4.69) is 12.0 Å². The van der Waals surface area contributed by atoms with Crippen molar-refractivity contribution in [1.29, 1.82) is 0 Å². The van der Waals surface area contributed by atoms with Crippen molar-refractivity contribution in [3.05, 3.63) is 52.3 Å². The lowest BCUT2D eigenvalue weighted by molar-refractivity contribution is -0.384. The summed E-state index contributed by atoms with van der Waals surface area (Å²) in [5, 5.41) is 15.0. The highest BCUT2D eigenvalue weighted by molar-refractivity contribution is 5.92. The molecule has 2 heterocycles. The summed E-state index contributed by atoms with van der Waals surface area (Å²) in [7, 11) is 0. The molecular weight excluding hydrogens is 310 g/mol. The van der Waals surface area contributed by atoms with Gasteiger partial charge >= 0.3 is 0 Å². The summed E-state index contributed by atoms with van der Waals surface area (Å²) in [6, 6.07) is 7.67. The number of aromatic nitrogens is 2. The van der Waals surface area contributed by atoms with Crippen molar-refractivity contribution in [1.82, 2.24) is 14.7 Å². The van der Waals surface area contributed by atoms with Crippen LogP contribution in [0, 0.1) is 15.5 Å². The van der Waals surface area contributed by atoms with Crippen LogP contribution in [0.15, 0.2) is 36.5 Å². The third-order valence-electron chi connectivity index (χ3n) is 4.47. The Morgan fingerprint density at radius 2 is 2.08 bits per heavy atom.